The predicted molar refractivity (Wildman–Crippen MR) is 114 cm³/mol. The third-order valence-corrected chi connectivity index (χ3v) is 4.97. The predicted octanol–water partition coefficient (Wildman–Crippen LogP) is 5.56. The zero-order valence-corrected chi connectivity index (χ0v) is 19.1. The van der Waals surface area contributed by atoms with Gasteiger partial charge in [0.05, 0.1) is 16.5 Å². The van der Waals surface area contributed by atoms with Gasteiger partial charge in [-0.15, -0.1) is 0 Å². The van der Waals surface area contributed by atoms with Gasteiger partial charge in [0.1, 0.15) is 18.4 Å². The van der Waals surface area contributed by atoms with Crippen molar-refractivity contribution in [1.82, 2.24) is 4.98 Å². The average molecular weight is 450 g/mol. The summed E-state index contributed by atoms with van der Waals surface area (Å²) in [4.78, 5) is 27.7. The summed E-state index contributed by atoms with van der Waals surface area (Å²) in [6.07, 6.45) is 0.282. The summed E-state index contributed by atoms with van der Waals surface area (Å²) < 4.78 is 12.7. The Kier molecular flexibility index (Phi) is 6.66. The lowest BCUT2D eigenvalue weighted by atomic mass is 9.97. The molecule has 152 valence electrons. The van der Waals surface area contributed by atoms with E-state index in [1.807, 2.05) is 60.6 Å². The molecule has 0 aliphatic heterocycles. The number of fused-ring (bicyclic) bond motifs is 1. The molecular weight excluding hydrogens is 422 g/mol. The van der Waals surface area contributed by atoms with Crippen LogP contribution in [0.3, 0.4) is 0 Å². The lowest BCUT2D eigenvalue weighted by molar-refractivity contribution is -0.162. The molecule has 0 saturated carbocycles. The van der Waals surface area contributed by atoms with Gasteiger partial charge in [-0.05, 0) is 88.2 Å². The minimum atomic E-state index is -0.586. The Hall–Kier alpha value is -1.79. The standard InChI is InChI=1S/C22H28BrNO4/c1-13-10-16-15(9-8-14(11-25)24-16)19(23)18(13)17(28-22(5,6)7)12-27-20(26)21(2,3)4/h8-11,17H,12H2,1-7H3/t17-/m0/s1. The fraction of sp³-hybridized carbons (Fsp3) is 0.500. The summed E-state index contributed by atoms with van der Waals surface area (Å²) in [6, 6.07) is 5.46. The van der Waals surface area contributed by atoms with Gasteiger partial charge in [-0.3, -0.25) is 9.59 Å². The molecule has 0 aliphatic carbocycles. The number of carbonyl (C=O) groups is 2. The Balaban J connectivity index is 2.50. The van der Waals surface area contributed by atoms with Crippen LogP contribution < -0.4 is 0 Å². The number of halogens is 1. The molecule has 0 N–H and O–H groups in total. The van der Waals surface area contributed by atoms with Crippen LogP contribution in [-0.2, 0) is 14.3 Å². The molecule has 0 aliphatic rings. The first-order valence-electron chi connectivity index (χ1n) is 9.23. The molecule has 1 aromatic carbocycles. The van der Waals surface area contributed by atoms with Gasteiger partial charge in [0.25, 0.3) is 0 Å². The van der Waals surface area contributed by atoms with Crippen molar-refractivity contribution in [2.75, 3.05) is 6.61 Å². The van der Waals surface area contributed by atoms with Crippen molar-refractivity contribution in [2.45, 2.75) is 60.2 Å². The molecule has 0 bridgehead atoms. The van der Waals surface area contributed by atoms with E-state index in [1.54, 1.807) is 6.07 Å². The Morgan fingerprint density at radius 2 is 1.86 bits per heavy atom. The molecule has 1 atom stereocenters. The highest BCUT2D eigenvalue weighted by atomic mass is 79.9. The number of aryl methyl sites for hydroxylation is 1. The van der Waals surface area contributed by atoms with E-state index in [-0.39, 0.29) is 12.6 Å². The quantitative estimate of drug-likeness (QED) is 0.441. The first kappa shape index (κ1) is 22.5. The summed E-state index contributed by atoms with van der Waals surface area (Å²) in [6.45, 7) is 13.4. The minimum absolute atomic E-state index is 0.109. The van der Waals surface area contributed by atoms with Crippen molar-refractivity contribution in [3.63, 3.8) is 0 Å². The Morgan fingerprint density at radius 3 is 2.39 bits per heavy atom. The zero-order chi connectivity index (χ0) is 21.3. The van der Waals surface area contributed by atoms with E-state index in [2.05, 4.69) is 20.9 Å². The van der Waals surface area contributed by atoms with E-state index in [4.69, 9.17) is 9.47 Å². The van der Waals surface area contributed by atoms with E-state index in [1.165, 1.54) is 0 Å². The summed E-state index contributed by atoms with van der Waals surface area (Å²) in [7, 11) is 0. The number of carbonyl (C=O) groups excluding carboxylic acids is 2. The number of ether oxygens (including phenoxy) is 2. The number of hydrogen-bond acceptors (Lipinski definition) is 5. The smallest absolute Gasteiger partial charge is 0.311 e. The van der Waals surface area contributed by atoms with Gasteiger partial charge in [-0.25, -0.2) is 4.98 Å². The molecule has 0 radical (unpaired) electrons. The molecule has 0 amide bonds. The topological polar surface area (TPSA) is 65.5 Å². The monoisotopic (exact) mass is 449 g/mol. The van der Waals surface area contributed by atoms with Gasteiger partial charge < -0.3 is 9.47 Å². The molecule has 0 spiro atoms. The van der Waals surface area contributed by atoms with E-state index in [9.17, 15) is 9.59 Å². The molecule has 2 aromatic rings. The minimum Gasteiger partial charge on any atom is -0.462 e. The SMILES string of the molecule is Cc1cc2nc(C=O)ccc2c(Br)c1[C@H](COC(=O)C(C)(C)C)OC(C)(C)C. The largest absolute Gasteiger partial charge is 0.462 e. The van der Waals surface area contributed by atoms with Crippen LogP contribution >= 0.6 is 15.9 Å². The van der Waals surface area contributed by atoms with Gasteiger partial charge in [-0.1, -0.05) is 0 Å². The number of aromatic nitrogens is 1. The molecule has 0 saturated heterocycles. The highest BCUT2D eigenvalue weighted by molar-refractivity contribution is 9.10. The van der Waals surface area contributed by atoms with Crippen molar-refractivity contribution in [1.29, 1.82) is 0 Å². The van der Waals surface area contributed by atoms with E-state index in [0.29, 0.717) is 5.69 Å². The molecule has 28 heavy (non-hydrogen) atoms. The average Bonchev–Trinajstić information content (AvgIpc) is 2.56. The number of esters is 1. The van der Waals surface area contributed by atoms with Crippen LogP contribution in [0.4, 0.5) is 0 Å². The molecule has 1 aromatic heterocycles. The number of rotatable bonds is 5. The summed E-state index contributed by atoms with van der Waals surface area (Å²) >= 11 is 3.69. The Morgan fingerprint density at radius 1 is 1.21 bits per heavy atom. The fourth-order valence-corrected chi connectivity index (χ4v) is 3.72. The van der Waals surface area contributed by atoms with Crippen molar-refractivity contribution < 1.29 is 19.1 Å². The fourth-order valence-electron chi connectivity index (χ4n) is 2.82. The van der Waals surface area contributed by atoms with Gasteiger partial charge in [-0.2, -0.15) is 0 Å². The molecular formula is C22H28BrNO4. The van der Waals surface area contributed by atoms with E-state index >= 15 is 0 Å². The number of benzene rings is 1. The van der Waals surface area contributed by atoms with Crippen LogP contribution in [0, 0.1) is 12.3 Å². The number of nitrogens with zero attached hydrogens (tertiary/aromatic N) is 1. The van der Waals surface area contributed by atoms with Crippen LogP contribution in [0.25, 0.3) is 10.9 Å². The maximum absolute atomic E-state index is 12.3. The number of pyridine rings is 1. The lowest BCUT2D eigenvalue weighted by Crippen LogP contribution is -2.30. The third kappa shape index (κ3) is 5.39. The highest BCUT2D eigenvalue weighted by Crippen LogP contribution is 2.37. The molecule has 0 fully saturated rings. The summed E-state index contributed by atoms with van der Waals surface area (Å²) in [5.74, 6) is -0.276. The second-order valence-electron chi connectivity index (χ2n) is 8.91. The highest BCUT2D eigenvalue weighted by Gasteiger charge is 2.29. The van der Waals surface area contributed by atoms with E-state index < -0.39 is 17.1 Å². The van der Waals surface area contributed by atoms with Crippen LogP contribution in [0.15, 0.2) is 22.7 Å². The van der Waals surface area contributed by atoms with Crippen molar-refractivity contribution in [3.8, 4) is 0 Å². The first-order valence-corrected chi connectivity index (χ1v) is 10.0. The summed E-state index contributed by atoms with van der Waals surface area (Å²) in [5.41, 5.74) is 1.93. The summed E-state index contributed by atoms with van der Waals surface area (Å²) in [5, 5.41) is 0.871. The van der Waals surface area contributed by atoms with Crippen molar-refractivity contribution in [2.24, 2.45) is 5.41 Å². The number of hydrogen-bond donors (Lipinski definition) is 0. The molecule has 2 rings (SSSR count). The van der Waals surface area contributed by atoms with Crippen LogP contribution in [0.2, 0.25) is 0 Å². The van der Waals surface area contributed by atoms with Gasteiger partial charge >= 0.3 is 5.97 Å². The van der Waals surface area contributed by atoms with Gasteiger partial charge in [0, 0.05) is 15.4 Å². The first-order chi connectivity index (χ1) is 12.8. The van der Waals surface area contributed by atoms with Crippen LogP contribution in [0.5, 0.6) is 0 Å². The maximum atomic E-state index is 12.3. The zero-order valence-electron chi connectivity index (χ0n) is 17.6. The van der Waals surface area contributed by atoms with Crippen LogP contribution in [0.1, 0.15) is 69.3 Å². The van der Waals surface area contributed by atoms with Crippen molar-refractivity contribution >= 4 is 39.1 Å². The van der Waals surface area contributed by atoms with Crippen molar-refractivity contribution in [3.05, 3.63) is 39.5 Å². The van der Waals surface area contributed by atoms with Gasteiger partial charge in [0.2, 0.25) is 0 Å². The van der Waals surface area contributed by atoms with Gasteiger partial charge in [0.15, 0.2) is 6.29 Å². The maximum Gasteiger partial charge on any atom is 0.311 e. The van der Waals surface area contributed by atoms with Crippen LogP contribution in [-0.4, -0.2) is 29.4 Å². The molecule has 1 heterocycles. The second-order valence-corrected chi connectivity index (χ2v) is 9.70. The normalized spacial score (nSPS) is 13.4. The molecule has 5 nitrogen and oxygen atoms in total. The molecule has 0 unspecified atom stereocenters. The second kappa shape index (κ2) is 8.29. The Labute approximate surface area is 174 Å². The third-order valence-electron chi connectivity index (χ3n) is 4.11. The number of aldehydes is 1. The molecule has 6 heteroatoms. The lowest BCUT2D eigenvalue weighted by Gasteiger charge is -2.30. The Bertz CT molecular complexity index is 894. The van der Waals surface area contributed by atoms with E-state index in [0.717, 1.165) is 32.8 Å².